The highest BCUT2D eigenvalue weighted by molar-refractivity contribution is 5.84. The number of fused-ring (bicyclic) bond motifs is 3. The molecule has 5 rings (SSSR count). The first-order valence-electron chi connectivity index (χ1n) is 12.9. The molecule has 0 atom stereocenters. The van der Waals surface area contributed by atoms with E-state index >= 15 is 0 Å². The smallest absolute Gasteiger partial charge is 0.0622 e. The molecule has 1 aliphatic carbocycles. The van der Waals surface area contributed by atoms with Gasteiger partial charge in [0, 0.05) is 0 Å². The van der Waals surface area contributed by atoms with Gasteiger partial charge < -0.3 is 0 Å². The molecule has 0 spiro atoms. The summed E-state index contributed by atoms with van der Waals surface area (Å²) < 4.78 is 80.8. The number of hydrogen-bond donors (Lipinski definition) is 0. The van der Waals surface area contributed by atoms with Gasteiger partial charge in [-0.05, 0) is 63.1 Å². The summed E-state index contributed by atoms with van der Waals surface area (Å²) in [4.78, 5) is 0. The molecule has 0 amide bonds. The third-order valence-corrected chi connectivity index (χ3v) is 4.47. The Morgan fingerprint density at radius 1 is 0.520 bits per heavy atom. The Hall–Kier alpha value is -3.12. The van der Waals surface area contributed by atoms with Gasteiger partial charge in [-0.25, -0.2) is 0 Å². The molecule has 0 radical (unpaired) electrons. The first kappa shape index (κ1) is 7.41. The lowest BCUT2D eigenvalue weighted by atomic mass is 9.96. The van der Waals surface area contributed by atoms with Crippen LogP contribution in [0.5, 0.6) is 0 Å². The lowest BCUT2D eigenvalue weighted by Gasteiger charge is -2.08. The molecule has 1 aliphatic rings. The maximum atomic E-state index is 8.30. The minimum absolute atomic E-state index is 0.119. The highest BCUT2D eigenvalue weighted by Crippen LogP contribution is 2.40. The zero-order valence-corrected chi connectivity index (χ0v) is 13.2. The van der Waals surface area contributed by atoms with Crippen molar-refractivity contribution in [1.82, 2.24) is 0 Å². The highest BCUT2D eigenvalue weighted by atomic mass is 14.2. The second-order valence-electron chi connectivity index (χ2n) is 5.92. The van der Waals surface area contributed by atoms with Crippen LogP contribution in [0.4, 0.5) is 0 Å². The molecule has 0 heteroatoms. The number of benzene rings is 4. The minimum atomic E-state index is -0.446. The van der Waals surface area contributed by atoms with Crippen molar-refractivity contribution in [2.45, 2.75) is 6.42 Å². The second-order valence-corrected chi connectivity index (χ2v) is 5.92. The largest absolute Gasteiger partial charge is 0.0629 e. The standard InChI is InChI=1S/C25H18/c1-3-7-18(8-4-1)20-11-13-22-15-23-14-12-21(17-25(23)24(22)16-20)19-9-5-2-6-10-19/h1-14,16-17H,15H2/i1D,2D,3D,4D,5D,6D,7D,8D,9D,10D. The van der Waals surface area contributed by atoms with E-state index in [1.54, 1.807) is 24.3 Å². The van der Waals surface area contributed by atoms with Gasteiger partial charge in [0.15, 0.2) is 0 Å². The van der Waals surface area contributed by atoms with Crippen LogP contribution >= 0.6 is 0 Å². The Morgan fingerprint density at radius 3 is 1.40 bits per heavy atom. The maximum absolute atomic E-state index is 8.30. The molecule has 0 unspecified atom stereocenters. The van der Waals surface area contributed by atoms with Crippen molar-refractivity contribution in [3.05, 3.63) is 108 Å². The molecule has 0 N–H and O–H groups in total. The Bertz CT molecular complexity index is 1400. The van der Waals surface area contributed by atoms with E-state index in [4.69, 9.17) is 13.7 Å². The number of rotatable bonds is 2. The molecule has 118 valence electrons. The molecule has 0 saturated heterocycles. The lowest BCUT2D eigenvalue weighted by Crippen LogP contribution is -1.83. The van der Waals surface area contributed by atoms with Gasteiger partial charge in [0.2, 0.25) is 0 Å². The van der Waals surface area contributed by atoms with Crippen molar-refractivity contribution >= 4 is 0 Å². The van der Waals surface area contributed by atoms with Gasteiger partial charge in [-0.2, -0.15) is 0 Å². The predicted octanol–water partition coefficient (Wildman–Crippen LogP) is 6.59. The molecule has 4 aromatic carbocycles. The fourth-order valence-corrected chi connectivity index (χ4v) is 3.27. The molecule has 0 aromatic heterocycles. The fraction of sp³-hybridized carbons (Fsp3) is 0.0400. The van der Waals surface area contributed by atoms with Crippen LogP contribution in [0.25, 0.3) is 33.4 Å². The van der Waals surface area contributed by atoms with E-state index in [2.05, 4.69) is 0 Å². The highest BCUT2D eigenvalue weighted by Gasteiger charge is 2.19. The minimum Gasteiger partial charge on any atom is -0.0622 e. The van der Waals surface area contributed by atoms with Crippen LogP contribution in [0.3, 0.4) is 0 Å². The first-order valence-corrected chi connectivity index (χ1v) is 7.93. The summed E-state index contributed by atoms with van der Waals surface area (Å²) in [6.45, 7) is 0. The molecule has 25 heavy (non-hydrogen) atoms. The molecule has 0 heterocycles. The molecule has 0 bridgehead atoms. The van der Waals surface area contributed by atoms with E-state index in [1.807, 2.05) is 12.1 Å². The van der Waals surface area contributed by atoms with E-state index in [9.17, 15) is 0 Å². The lowest BCUT2D eigenvalue weighted by molar-refractivity contribution is 1.26. The second kappa shape index (κ2) is 5.75. The Balaban J connectivity index is 1.70. The van der Waals surface area contributed by atoms with Crippen molar-refractivity contribution in [2.24, 2.45) is 0 Å². The third-order valence-electron chi connectivity index (χ3n) is 4.47. The van der Waals surface area contributed by atoms with Crippen LogP contribution in [-0.4, -0.2) is 0 Å². The summed E-state index contributed by atoms with van der Waals surface area (Å²) in [6, 6.07) is 7.23. The monoisotopic (exact) mass is 328 g/mol. The van der Waals surface area contributed by atoms with Crippen LogP contribution in [0.1, 0.15) is 24.8 Å². The summed E-state index contributed by atoms with van der Waals surface area (Å²) in [5.74, 6) is 0. The predicted molar refractivity (Wildman–Crippen MR) is 106 cm³/mol. The van der Waals surface area contributed by atoms with E-state index in [0.29, 0.717) is 17.5 Å². The molecule has 0 nitrogen and oxygen atoms in total. The van der Waals surface area contributed by atoms with Gasteiger partial charge in [-0.15, -0.1) is 0 Å². The maximum Gasteiger partial charge on any atom is 0.0629 e. The van der Waals surface area contributed by atoms with Gasteiger partial charge in [-0.3, -0.25) is 0 Å². The van der Waals surface area contributed by atoms with Gasteiger partial charge in [0.1, 0.15) is 0 Å². The average molecular weight is 328 g/mol. The summed E-state index contributed by atoms with van der Waals surface area (Å²) in [5.41, 5.74) is 4.84. The number of hydrogen-bond acceptors (Lipinski definition) is 0. The van der Waals surface area contributed by atoms with Crippen LogP contribution in [0.2, 0.25) is 0 Å². The van der Waals surface area contributed by atoms with E-state index < -0.39 is 36.3 Å². The van der Waals surface area contributed by atoms with Crippen molar-refractivity contribution < 1.29 is 13.7 Å². The Kier molecular flexibility index (Phi) is 1.70. The topological polar surface area (TPSA) is 0 Å². The average Bonchev–Trinajstić information content (AvgIpc) is 3.21. The van der Waals surface area contributed by atoms with Crippen LogP contribution in [-0.2, 0) is 6.42 Å². The van der Waals surface area contributed by atoms with Crippen molar-refractivity contribution in [2.75, 3.05) is 0 Å². The molecule has 0 saturated carbocycles. The Morgan fingerprint density at radius 2 is 0.960 bits per heavy atom. The molecular formula is C25H18. The van der Waals surface area contributed by atoms with Gasteiger partial charge >= 0.3 is 0 Å². The zero-order chi connectivity index (χ0) is 25.3. The summed E-state index contributed by atoms with van der Waals surface area (Å²) in [6.07, 6.45) is 0.631. The van der Waals surface area contributed by atoms with Crippen molar-refractivity contribution in [3.63, 3.8) is 0 Å². The molecular weight excluding hydrogens is 300 g/mol. The first-order chi connectivity index (χ1) is 16.5. The van der Waals surface area contributed by atoms with Crippen LogP contribution in [0.15, 0.2) is 96.8 Å². The normalized spacial score (nSPS) is 17.4. The molecule has 0 aliphatic heterocycles. The van der Waals surface area contributed by atoms with E-state index in [-0.39, 0.29) is 35.3 Å². The molecule has 4 aromatic rings. The fourth-order valence-electron chi connectivity index (χ4n) is 3.27. The molecule has 0 fully saturated rings. The van der Waals surface area contributed by atoms with Crippen molar-refractivity contribution in [1.29, 1.82) is 0 Å². The quantitative estimate of drug-likeness (QED) is 0.343. The SMILES string of the molecule is [2H]c1c([2H])c([2H])c(-c2ccc3c(c2)-c2cc(-c4c([2H])c([2H])c([2H])c([2H])c4[2H])ccc2C3)c([2H])c1[2H]. The summed E-state index contributed by atoms with van der Waals surface area (Å²) in [7, 11) is 0. The third kappa shape index (κ3) is 2.47. The van der Waals surface area contributed by atoms with Crippen molar-refractivity contribution in [3.8, 4) is 33.4 Å². The van der Waals surface area contributed by atoms with Crippen LogP contribution < -0.4 is 0 Å². The summed E-state index contributed by atoms with van der Waals surface area (Å²) >= 11 is 0. The Labute approximate surface area is 162 Å². The zero-order valence-electron chi connectivity index (χ0n) is 23.2. The summed E-state index contributed by atoms with van der Waals surface area (Å²) in [5, 5.41) is 0. The van der Waals surface area contributed by atoms with Gasteiger partial charge in [0.05, 0.1) is 13.7 Å². The van der Waals surface area contributed by atoms with Gasteiger partial charge in [0.25, 0.3) is 0 Å². The van der Waals surface area contributed by atoms with E-state index in [1.165, 1.54) is 0 Å². The van der Waals surface area contributed by atoms with E-state index in [0.717, 1.165) is 22.3 Å². The van der Waals surface area contributed by atoms with Crippen LogP contribution in [0, 0.1) is 0 Å². The van der Waals surface area contributed by atoms with Gasteiger partial charge in [-0.1, -0.05) is 84.7 Å².